The van der Waals surface area contributed by atoms with Crippen molar-refractivity contribution in [2.75, 3.05) is 0 Å². The van der Waals surface area contributed by atoms with Gasteiger partial charge in [0.25, 0.3) is 0 Å². The molecule has 12 heavy (non-hydrogen) atoms. The Morgan fingerprint density at radius 1 is 1.17 bits per heavy atom. The molecule has 0 unspecified atom stereocenters. The quantitative estimate of drug-likeness (QED) is 0.594. The van der Waals surface area contributed by atoms with Crippen molar-refractivity contribution in [2.24, 2.45) is 17.6 Å². The van der Waals surface area contributed by atoms with Crippen molar-refractivity contribution >= 4 is 5.78 Å². The number of carbonyl (C=O) groups excluding carboxylic acids is 1. The third-order valence-electron chi connectivity index (χ3n) is 3.50. The van der Waals surface area contributed by atoms with Crippen LogP contribution >= 0.6 is 0 Å². The van der Waals surface area contributed by atoms with Gasteiger partial charge in [0.15, 0.2) is 0 Å². The summed E-state index contributed by atoms with van der Waals surface area (Å²) in [6, 6.07) is -0.135. The van der Waals surface area contributed by atoms with E-state index in [-0.39, 0.29) is 6.04 Å². The highest BCUT2D eigenvalue weighted by molar-refractivity contribution is 5.84. The van der Waals surface area contributed by atoms with Crippen molar-refractivity contribution in [2.45, 2.75) is 44.6 Å². The lowest BCUT2D eigenvalue weighted by Crippen LogP contribution is -2.42. The molecule has 0 aromatic carbocycles. The number of carbonyl (C=O) groups is 1. The van der Waals surface area contributed by atoms with Crippen LogP contribution in [0.4, 0.5) is 0 Å². The smallest absolute Gasteiger partial charge is 0.149 e. The fourth-order valence-corrected chi connectivity index (χ4v) is 2.73. The number of rotatable bonds is 0. The first-order chi connectivity index (χ1) is 5.77. The van der Waals surface area contributed by atoms with E-state index in [4.69, 9.17) is 5.73 Å². The van der Waals surface area contributed by atoms with Gasteiger partial charge in [0.1, 0.15) is 5.78 Å². The van der Waals surface area contributed by atoms with E-state index in [1.165, 1.54) is 25.7 Å². The first-order valence-corrected chi connectivity index (χ1v) is 5.05. The lowest BCUT2D eigenvalue weighted by molar-refractivity contribution is -0.124. The maximum absolute atomic E-state index is 11.3. The molecular formula is C10H17NO. The Kier molecular flexibility index (Phi) is 2.18. The summed E-state index contributed by atoms with van der Waals surface area (Å²) in [5.41, 5.74) is 5.74. The summed E-state index contributed by atoms with van der Waals surface area (Å²) < 4.78 is 0. The minimum Gasteiger partial charge on any atom is -0.321 e. The SMILES string of the molecule is N[C@@H]1C[C@H]2CCCC[C@H]2CC1=O. The van der Waals surface area contributed by atoms with Gasteiger partial charge < -0.3 is 5.73 Å². The standard InChI is InChI=1S/C10H17NO/c11-9-5-7-3-1-2-4-8(7)6-10(9)12/h7-9H,1-6,11H2/t7-,8+,9-/m1/s1. The van der Waals surface area contributed by atoms with Crippen LogP contribution < -0.4 is 5.73 Å². The third kappa shape index (κ3) is 1.40. The Morgan fingerprint density at radius 3 is 2.58 bits per heavy atom. The summed E-state index contributed by atoms with van der Waals surface area (Å²) in [5.74, 6) is 1.76. The van der Waals surface area contributed by atoms with Gasteiger partial charge in [-0.15, -0.1) is 0 Å². The summed E-state index contributed by atoms with van der Waals surface area (Å²) in [4.78, 5) is 11.3. The minimum atomic E-state index is -0.135. The fourth-order valence-electron chi connectivity index (χ4n) is 2.73. The van der Waals surface area contributed by atoms with Crippen molar-refractivity contribution in [3.8, 4) is 0 Å². The molecular weight excluding hydrogens is 150 g/mol. The van der Waals surface area contributed by atoms with E-state index in [0.717, 1.165) is 18.8 Å². The number of fused-ring (bicyclic) bond motifs is 1. The molecule has 2 fully saturated rings. The summed E-state index contributed by atoms with van der Waals surface area (Å²) in [7, 11) is 0. The van der Waals surface area contributed by atoms with E-state index in [2.05, 4.69) is 0 Å². The van der Waals surface area contributed by atoms with Crippen LogP contribution in [0.1, 0.15) is 38.5 Å². The van der Waals surface area contributed by atoms with Crippen LogP contribution in [0.5, 0.6) is 0 Å². The second-order valence-electron chi connectivity index (χ2n) is 4.32. The molecule has 2 saturated carbocycles. The molecule has 2 nitrogen and oxygen atoms in total. The van der Waals surface area contributed by atoms with Gasteiger partial charge in [-0.25, -0.2) is 0 Å². The maximum atomic E-state index is 11.3. The van der Waals surface area contributed by atoms with Crippen molar-refractivity contribution < 1.29 is 4.79 Å². The largest absolute Gasteiger partial charge is 0.321 e. The second-order valence-corrected chi connectivity index (χ2v) is 4.32. The maximum Gasteiger partial charge on any atom is 0.149 e. The zero-order valence-electron chi connectivity index (χ0n) is 7.46. The molecule has 0 amide bonds. The second kappa shape index (κ2) is 3.17. The zero-order chi connectivity index (χ0) is 8.55. The molecule has 0 bridgehead atoms. The van der Waals surface area contributed by atoms with Crippen LogP contribution in [0.15, 0.2) is 0 Å². The zero-order valence-corrected chi connectivity index (χ0v) is 7.46. The molecule has 3 atom stereocenters. The molecule has 2 aliphatic rings. The number of Topliss-reactive ketones (excluding diaryl/α,β-unsaturated/α-hetero) is 1. The highest BCUT2D eigenvalue weighted by Crippen LogP contribution is 2.38. The van der Waals surface area contributed by atoms with Crippen LogP contribution in [0, 0.1) is 11.8 Å². The molecule has 2 aliphatic carbocycles. The third-order valence-corrected chi connectivity index (χ3v) is 3.50. The van der Waals surface area contributed by atoms with Crippen molar-refractivity contribution in [1.29, 1.82) is 0 Å². The Labute approximate surface area is 73.5 Å². The van der Waals surface area contributed by atoms with Crippen LogP contribution in [-0.4, -0.2) is 11.8 Å². The van der Waals surface area contributed by atoms with Crippen LogP contribution in [0.2, 0.25) is 0 Å². The van der Waals surface area contributed by atoms with Gasteiger partial charge in [0.05, 0.1) is 6.04 Å². The Balaban J connectivity index is 2.02. The Hall–Kier alpha value is -0.370. The topological polar surface area (TPSA) is 43.1 Å². The minimum absolute atomic E-state index is 0.135. The summed E-state index contributed by atoms with van der Waals surface area (Å²) >= 11 is 0. The Bertz CT molecular complexity index is 190. The summed E-state index contributed by atoms with van der Waals surface area (Å²) in [6.45, 7) is 0. The van der Waals surface area contributed by atoms with Gasteiger partial charge in [0.2, 0.25) is 0 Å². The first-order valence-electron chi connectivity index (χ1n) is 5.05. The molecule has 2 N–H and O–H groups in total. The number of hydrogen-bond acceptors (Lipinski definition) is 2. The molecule has 0 radical (unpaired) electrons. The van der Waals surface area contributed by atoms with Crippen LogP contribution in [0.3, 0.4) is 0 Å². The monoisotopic (exact) mass is 167 g/mol. The van der Waals surface area contributed by atoms with E-state index in [1.54, 1.807) is 0 Å². The molecule has 2 rings (SSSR count). The van der Waals surface area contributed by atoms with E-state index >= 15 is 0 Å². The van der Waals surface area contributed by atoms with Crippen LogP contribution in [0.25, 0.3) is 0 Å². The molecule has 2 heteroatoms. The number of nitrogens with two attached hydrogens (primary N) is 1. The van der Waals surface area contributed by atoms with Gasteiger partial charge in [0, 0.05) is 6.42 Å². The molecule has 0 heterocycles. The van der Waals surface area contributed by atoms with Gasteiger partial charge in [-0.05, 0) is 24.7 Å². The fraction of sp³-hybridized carbons (Fsp3) is 0.900. The predicted molar refractivity (Wildman–Crippen MR) is 47.7 cm³/mol. The van der Waals surface area contributed by atoms with Crippen molar-refractivity contribution in [3.05, 3.63) is 0 Å². The van der Waals surface area contributed by atoms with Crippen molar-refractivity contribution in [3.63, 3.8) is 0 Å². The average molecular weight is 167 g/mol. The molecule has 0 aromatic heterocycles. The van der Waals surface area contributed by atoms with Gasteiger partial charge in [-0.3, -0.25) is 4.79 Å². The predicted octanol–water partition coefficient (Wildman–Crippen LogP) is 1.48. The molecule has 0 aromatic rings. The van der Waals surface area contributed by atoms with E-state index in [0.29, 0.717) is 11.7 Å². The Morgan fingerprint density at radius 2 is 1.83 bits per heavy atom. The summed E-state index contributed by atoms with van der Waals surface area (Å²) in [5, 5.41) is 0. The lowest BCUT2D eigenvalue weighted by Gasteiger charge is -2.37. The summed E-state index contributed by atoms with van der Waals surface area (Å²) in [6.07, 6.45) is 6.98. The molecule has 0 aliphatic heterocycles. The highest BCUT2D eigenvalue weighted by atomic mass is 16.1. The highest BCUT2D eigenvalue weighted by Gasteiger charge is 2.35. The number of ketones is 1. The van der Waals surface area contributed by atoms with E-state index < -0.39 is 0 Å². The average Bonchev–Trinajstić information content (AvgIpc) is 2.07. The van der Waals surface area contributed by atoms with Crippen molar-refractivity contribution in [1.82, 2.24) is 0 Å². The first kappa shape index (κ1) is 8.24. The number of hydrogen-bond donors (Lipinski definition) is 1. The van der Waals surface area contributed by atoms with Gasteiger partial charge >= 0.3 is 0 Å². The lowest BCUT2D eigenvalue weighted by atomic mass is 9.69. The van der Waals surface area contributed by atoms with E-state index in [9.17, 15) is 4.79 Å². The van der Waals surface area contributed by atoms with Gasteiger partial charge in [-0.2, -0.15) is 0 Å². The molecule has 0 saturated heterocycles. The normalized spacial score (nSPS) is 42.4. The molecule has 68 valence electrons. The molecule has 0 spiro atoms. The van der Waals surface area contributed by atoms with Crippen LogP contribution in [-0.2, 0) is 4.79 Å². The van der Waals surface area contributed by atoms with E-state index in [1.807, 2.05) is 0 Å². The van der Waals surface area contributed by atoms with Gasteiger partial charge in [-0.1, -0.05) is 19.3 Å².